The Morgan fingerprint density at radius 2 is 1.80 bits per heavy atom. The summed E-state index contributed by atoms with van der Waals surface area (Å²) in [6.07, 6.45) is 2.32. The third-order valence-corrected chi connectivity index (χ3v) is 3.37. The van der Waals surface area contributed by atoms with Gasteiger partial charge < -0.3 is 15.2 Å². The van der Waals surface area contributed by atoms with Crippen LogP contribution in [0.25, 0.3) is 0 Å². The molecule has 0 saturated heterocycles. The molecule has 1 aromatic heterocycles. The zero-order chi connectivity index (χ0) is 14.5. The van der Waals surface area contributed by atoms with Gasteiger partial charge in [0.05, 0.1) is 5.69 Å². The Kier molecular flexibility index (Phi) is 4.27. The van der Waals surface area contributed by atoms with Crippen molar-refractivity contribution < 1.29 is 19.8 Å². The minimum Gasteiger partial charge on any atom is -0.502 e. The van der Waals surface area contributed by atoms with Crippen molar-refractivity contribution in [1.82, 2.24) is 4.98 Å². The predicted molar refractivity (Wildman–Crippen MR) is 74.0 cm³/mol. The van der Waals surface area contributed by atoms with Crippen LogP contribution >= 0.6 is 11.8 Å². The molecule has 102 valence electrons. The summed E-state index contributed by atoms with van der Waals surface area (Å²) in [6.45, 7) is 0. The van der Waals surface area contributed by atoms with Gasteiger partial charge in [-0.15, -0.1) is 0 Å². The van der Waals surface area contributed by atoms with E-state index in [1.165, 1.54) is 11.8 Å². The van der Waals surface area contributed by atoms with Crippen LogP contribution in [0.1, 0.15) is 10.5 Å². The Bertz CT molecular complexity index is 661. The number of carbonyl (C=O) groups excluding carboxylic acids is 1. The number of carbonyl (C=O) groups is 2. The average molecular weight is 289 g/mol. The van der Waals surface area contributed by atoms with Gasteiger partial charge in [0.25, 0.3) is 0 Å². The van der Waals surface area contributed by atoms with Gasteiger partial charge in [-0.2, -0.15) is 0 Å². The maximum absolute atomic E-state index is 11.7. The van der Waals surface area contributed by atoms with E-state index in [1.807, 2.05) is 30.3 Å². The van der Waals surface area contributed by atoms with Crippen LogP contribution in [0, 0.1) is 0 Å². The molecule has 0 radical (unpaired) electrons. The molecule has 1 aromatic carbocycles. The summed E-state index contributed by atoms with van der Waals surface area (Å²) in [5, 5.41) is 17.5. The van der Waals surface area contributed by atoms with E-state index in [0.29, 0.717) is 6.08 Å². The van der Waals surface area contributed by atoms with Crippen molar-refractivity contribution >= 4 is 23.5 Å². The van der Waals surface area contributed by atoms with Gasteiger partial charge in [-0.3, -0.25) is 4.79 Å². The van der Waals surface area contributed by atoms with Gasteiger partial charge in [0.1, 0.15) is 0 Å². The highest BCUT2D eigenvalue weighted by molar-refractivity contribution is 7.99. The first kappa shape index (κ1) is 14.0. The minimum atomic E-state index is -1.54. The molecule has 0 atom stereocenters. The summed E-state index contributed by atoms with van der Waals surface area (Å²) in [7, 11) is 0. The van der Waals surface area contributed by atoms with Crippen molar-refractivity contribution in [3.63, 3.8) is 0 Å². The summed E-state index contributed by atoms with van der Waals surface area (Å²) in [4.78, 5) is 26.7. The van der Waals surface area contributed by atoms with E-state index in [9.17, 15) is 9.59 Å². The van der Waals surface area contributed by atoms with Crippen LogP contribution in [0.5, 0.6) is 0 Å². The molecule has 0 bridgehead atoms. The summed E-state index contributed by atoms with van der Waals surface area (Å²) in [6, 6.07) is 11.2. The number of hydrogen-bond donors (Lipinski definition) is 3. The summed E-state index contributed by atoms with van der Waals surface area (Å²) < 4.78 is 0. The third-order valence-electron chi connectivity index (χ3n) is 2.39. The predicted octanol–water partition coefficient (Wildman–Crippen LogP) is 2.88. The molecule has 0 aliphatic heterocycles. The molecule has 5 nitrogen and oxygen atoms in total. The van der Waals surface area contributed by atoms with Crippen molar-refractivity contribution in [3.8, 4) is 0 Å². The summed E-state index contributed by atoms with van der Waals surface area (Å²) in [5.41, 5.74) is 0.219. The Balaban J connectivity index is 2.11. The maximum Gasteiger partial charge on any atom is 0.371 e. The number of carboxylic acids is 1. The van der Waals surface area contributed by atoms with Crippen LogP contribution in [0.3, 0.4) is 0 Å². The fraction of sp³-hybridized carbons (Fsp3) is 0. The monoisotopic (exact) mass is 289 g/mol. The van der Waals surface area contributed by atoms with Gasteiger partial charge in [-0.1, -0.05) is 30.0 Å². The normalized spacial score (nSPS) is 11.3. The molecular formula is C14H11NO4S. The molecule has 0 fully saturated rings. The Morgan fingerprint density at radius 3 is 2.45 bits per heavy atom. The first-order valence-electron chi connectivity index (χ1n) is 5.66. The van der Waals surface area contributed by atoms with Gasteiger partial charge in [-0.05, 0) is 18.2 Å². The van der Waals surface area contributed by atoms with Gasteiger partial charge >= 0.3 is 5.97 Å². The van der Waals surface area contributed by atoms with Crippen LogP contribution in [0.2, 0.25) is 0 Å². The van der Waals surface area contributed by atoms with Crippen LogP contribution in [-0.4, -0.2) is 26.9 Å². The molecular weight excluding hydrogens is 278 g/mol. The Morgan fingerprint density at radius 1 is 1.10 bits per heavy atom. The minimum absolute atomic E-state index is 0.219. The smallest absolute Gasteiger partial charge is 0.371 e. The van der Waals surface area contributed by atoms with Gasteiger partial charge in [0.2, 0.25) is 11.5 Å². The van der Waals surface area contributed by atoms with Gasteiger partial charge in [0.15, 0.2) is 0 Å². The number of aliphatic hydroxyl groups excluding tert-OH is 1. The van der Waals surface area contributed by atoms with E-state index < -0.39 is 17.5 Å². The number of allylic oxidation sites excluding steroid dienone is 1. The number of ketones is 1. The van der Waals surface area contributed by atoms with Crippen molar-refractivity contribution in [2.24, 2.45) is 0 Å². The highest BCUT2D eigenvalue weighted by Crippen LogP contribution is 2.27. The fourth-order valence-corrected chi connectivity index (χ4v) is 2.32. The first-order chi connectivity index (χ1) is 9.56. The fourth-order valence-electron chi connectivity index (χ4n) is 1.46. The van der Waals surface area contributed by atoms with Crippen molar-refractivity contribution in [2.75, 3.05) is 0 Å². The van der Waals surface area contributed by atoms with Crippen LogP contribution in [-0.2, 0) is 4.79 Å². The van der Waals surface area contributed by atoms with Crippen LogP contribution in [0.15, 0.2) is 64.2 Å². The van der Waals surface area contributed by atoms with Crippen LogP contribution in [0.4, 0.5) is 0 Å². The Labute approximate surface area is 119 Å². The number of aliphatic hydroxyl groups is 1. The molecule has 0 saturated carbocycles. The number of H-pyrrole nitrogens is 1. The maximum atomic E-state index is 11.7. The number of aliphatic carboxylic acids is 1. The number of aromatic amines is 1. The molecule has 0 aliphatic carbocycles. The second-order valence-corrected chi connectivity index (χ2v) is 5.01. The first-order valence-corrected chi connectivity index (χ1v) is 6.47. The largest absolute Gasteiger partial charge is 0.502 e. The molecule has 0 aliphatic rings. The lowest BCUT2D eigenvalue weighted by Crippen LogP contribution is -2.03. The van der Waals surface area contributed by atoms with E-state index in [1.54, 1.807) is 12.3 Å². The zero-order valence-electron chi connectivity index (χ0n) is 10.2. The SMILES string of the molecule is O=C(O)/C(O)=C/C(=O)c1cc(Sc2ccccc2)c[nH]1. The van der Waals surface area contributed by atoms with E-state index in [-0.39, 0.29) is 5.69 Å². The second-order valence-electron chi connectivity index (χ2n) is 3.86. The molecule has 20 heavy (non-hydrogen) atoms. The van der Waals surface area contributed by atoms with E-state index in [2.05, 4.69) is 4.98 Å². The molecule has 6 heteroatoms. The quantitative estimate of drug-likeness (QED) is 0.447. The van der Waals surface area contributed by atoms with Crippen LogP contribution < -0.4 is 0 Å². The molecule has 2 aromatic rings. The lowest BCUT2D eigenvalue weighted by molar-refractivity contribution is -0.135. The Hall–Kier alpha value is -2.47. The number of rotatable bonds is 5. The third kappa shape index (κ3) is 3.52. The summed E-state index contributed by atoms with van der Waals surface area (Å²) in [5.74, 6) is -3.12. The number of carboxylic acid groups (broad SMARTS) is 1. The lowest BCUT2D eigenvalue weighted by atomic mass is 10.2. The summed E-state index contributed by atoms with van der Waals surface area (Å²) >= 11 is 1.47. The van der Waals surface area contributed by atoms with Crippen molar-refractivity contribution in [2.45, 2.75) is 9.79 Å². The standard InChI is InChI=1S/C14H11NO4S/c16-12(7-13(17)14(18)19)11-6-10(8-15-11)20-9-4-2-1-3-5-9/h1-8,15,17H,(H,18,19)/b13-7-. The molecule has 0 amide bonds. The zero-order valence-corrected chi connectivity index (χ0v) is 11.1. The average Bonchev–Trinajstić information content (AvgIpc) is 2.88. The number of aromatic nitrogens is 1. The second kappa shape index (κ2) is 6.12. The van der Waals surface area contributed by atoms with Crippen molar-refractivity contribution in [3.05, 3.63) is 60.1 Å². The number of benzene rings is 1. The highest BCUT2D eigenvalue weighted by atomic mass is 32.2. The van der Waals surface area contributed by atoms with E-state index in [0.717, 1.165) is 9.79 Å². The number of nitrogens with one attached hydrogen (secondary N) is 1. The van der Waals surface area contributed by atoms with Crippen molar-refractivity contribution in [1.29, 1.82) is 0 Å². The molecule has 2 rings (SSSR count). The highest BCUT2D eigenvalue weighted by Gasteiger charge is 2.11. The molecule has 0 spiro atoms. The van der Waals surface area contributed by atoms with E-state index in [4.69, 9.17) is 10.2 Å². The molecule has 3 N–H and O–H groups in total. The van der Waals surface area contributed by atoms with Gasteiger partial charge in [-0.25, -0.2) is 4.79 Å². The van der Waals surface area contributed by atoms with Gasteiger partial charge in [0, 0.05) is 22.1 Å². The number of hydrogen-bond acceptors (Lipinski definition) is 4. The molecule has 1 heterocycles. The lowest BCUT2D eigenvalue weighted by Gasteiger charge is -1.96. The van der Waals surface area contributed by atoms with E-state index >= 15 is 0 Å². The topological polar surface area (TPSA) is 90.4 Å². The molecule has 0 unspecified atom stereocenters.